The van der Waals surface area contributed by atoms with E-state index in [9.17, 15) is 142 Å². The van der Waals surface area contributed by atoms with Crippen LogP contribution in [0.3, 0.4) is 0 Å². The molecule has 0 bridgehead atoms. The second-order valence-electron chi connectivity index (χ2n) is 23.2. The Balaban J connectivity index is 1.21. The number of hydrogen-bond acceptors (Lipinski definition) is 42. The Hall–Kier alpha value is -1.94. The summed E-state index contributed by atoms with van der Waals surface area (Å²) in [6.07, 6.45) is -83.4. The van der Waals surface area contributed by atoms with Gasteiger partial charge < -0.3 is 200 Å². The number of nitrogens with two attached hydrogens (primary N) is 1. The minimum Gasteiger partial charge on any atom is -0.477 e. The molecule has 0 radical (unpaired) electrons. The standard InChI is InChI=1S/C49H86NO43P/c1-11-19(60)21(62)28(69)43(82-11)91-40-26(67)24(65)34(15(58)9-79-42-30(71)27(68)38(18(8-54)84-42)89-44-29(70)22(63)20(61)17(7-53)83-44)87-47(40)92-41-25(66)23(64)33(13(56)5-51)86-46(41)90-39-31(72)35(16(59)10-81-94(77,78)80-3-2-50)85-45(32(39)73)88-36-12(55)4-49(76,48(74)75)93-37(36)14(57)6-52/h11-47,51-73,76H,2-10,50H2,1H3,(H,74,75)(H,77,78)/t11-,12-,13+,14-,15-,16+,17-,18-,19+,20-,21+,22+,23+,24+,25+,26+,27-,28-,29-,30-,31-,32+,33-,34-,35-,36-,37-,38+,39+,40+,41+,42-,43-,44-,45-,46+,47-,49-/m1/s1. The van der Waals surface area contributed by atoms with E-state index in [1.165, 1.54) is 6.92 Å². The summed E-state index contributed by atoms with van der Waals surface area (Å²) in [5.41, 5.74) is 5.32. The highest BCUT2D eigenvalue weighted by Gasteiger charge is 2.61. The summed E-state index contributed by atoms with van der Waals surface area (Å²) in [5.74, 6) is -5.40. The maximum Gasteiger partial charge on any atom is 0.472 e. The van der Waals surface area contributed by atoms with Crippen LogP contribution < -0.4 is 5.73 Å². The van der Waals surface area contributed by atoms with Crippen molar-refractivity contribution < 1.29 is 213 Å². The van der Waals surface area contributed by atoms with E-state index in [-0.39, 0.29) is 6.54 Å². The smallest absolute Gasteiger partial charge is 0.472 e. The predicted molar refractivity (Wildman–Crippen MR) is 283 cm³/mol. The van der Waals surface area contributed by atoms with E-state index in [0.717, 1.165) is 0 Å². The zero-order chi connectivity index (χ0) is 69.9. The Morgan fingerprint density at radius 3 is 1.47 bits per heavy atom. The normalized spacial score (nSPS) is 48.5. The summed E-state index contributed by atoms with van der Waals surface area (Å²) in [6.45, 7) is -6.78. The maximum atomic E-state index is 12.6. The fourth-order valence-electron chi connectivity index (χ4n) is 11.3. The Kier molecular flexibility index (Phi) is 28.5. The third kappa shape index (κ3) is 17.5. The van der Waals surface area contributed by atoms with E-state index in [1.54, 1.807) is 0 Å². The Morgan fingerprint density at radius 1 is 0.479 bits per heavy atom. The van der Waals surface area contributed by atoms with E-state index in [0.29, 0.717) is 0 Å². The number of ether oxygens (including phenoxy) is 13. The number of phosphoric acid groups is 1. The molecule has 7 heterocycles. The molecule has 0 aromatic carbocycles. The lowest BCUT2D eigenvalue weighted by Gasteiger charge is -2.51. The molecule has 0 amide bonds. The molecule has 1 unspecified atom stereocenters. The van der Waals surface area contributed by atoms with Gasteiger partial charge in [0.05, 0.1) is 58.5 Å². The number of aliphatic hydroxyl groups is 24. The minimum atomic E-state index is -5.11. The minimum absolute atomic E-state index is 0.323. The molecule has 7 saturated heterocycles. The van der Waals surface area contributed by atoms with E-state index in [4.69, 9.17) is 71.8 Å². The molecule has 28 N–H and O–H groups in total. The van der Waals surface area contributed by atoms with Crippen molar-refractivity contribution >= 4 is 13.8 Å². The van der Waals surface area contributed by atoms with Gasteiger partial charge in [-0.2, -0.15) is 0 Å². The number of hydrogen-bond donors (Lipinski definition) is 27. The predicted octanol–water partition coefficient (Wildman–Crippen LogP) is -17.2. The molecular formula is C49H86NO43P. The van der Waals surface area contributed by atoms with Crippen LogP contribution in [-0.4, -0.2) is 424 Å². The zero-order valence-electron chi connectivity index (χ0n) is 49.3. The maximum absolute atomic E-state index is 12.6. The molecule has 0 aromatic heterocycles. The lowest BCUT2D eigenvalue weighted by atomic mass is 9.91. The lowest BCUT2D eigenvalue weighted by Crippen LogP contribution is -2.70. The van der Waals surface area contributed by atoms with Gasteiger partial charge in [0.25, 0.3) is 5.79 Å². The Bertz CT molecular complexity index is 2380. The first-order valence-corrected chi connectivity index (χ1v) is 30.7. The summed E-state index contributed by atoms with van der Waals surface area (Å²) in [6, 6.07) is 0. The van der Waals surface area contributed by atoms with E-state index in [1.807, 2.05) is 0 Å². The molecule has 94 heavy (non-hydrogen) atoms. The summed E-state index contributed by atoms with van der Waals surface area (Å²) in [5, 5.41) is 273. The van der Waals surface area contributed by atoms with Crippen molar-refractivity contribution in [1.29, 1.82) is 0 Å². The van der Waals surface area contributed by atoms with Gasteiger partial charge in [0.1, 0.15) is 177 Å². The van der Waals surface area contributed by atoms with E-state index in [2.05, 4.69) is 4.52 Å². The number of carboxylic acid groups (broad SMARTS) is 1. The number of aliphatic carboxylic acids is 1. The molecular weight excluding hydrogens is 1320 g/mol. The first-order valence-electron chi connectivity index (χ1n) is 29.2. The first-order chi connectivity index (χ1) is 44.1. The van der Waals surface area contributed by atoms with Crippen LogP contribution >= 0.6 is 7.82 Å². The molecule has 550 valence electrons. The Morgan fingerprint density at radius 2 is 0.915 bits per heavy atom. The van der Waals surface area contributed by atoms with Gasteiger partial charge in [-0.15, -0.1) is 0 Å². The number of carboxylic acids is 1. The highest BCUT2D eigenvalue weighted by Crippen LogP contribution is 2.44. The summed E-state index contributed by atoms with van der Waals surface area (Å²) in [7, 11) is -5.11. The molecule has 7 aliphatic heterocycles. The third-order valence-electron chi connectivity index (χ3n) is 16.6. The van der Waals surface area contributed by atoms with Crippen molar-refractivity contribution in [1.82, 2.24) is 0 Å². The van der Waals surface area contributed by atoms with Crippen LogP contribution in [0.1, 0.15) is 13.3 Å². The molecule has 7 fully saturated rings. The van der Waals surface area contributed by atoms with Gasteiger partial charge in [0.2, 0.25) is 0 Å². The van der Waals surface area contributed by atoms with Crippen LogP contribution in [0, 0.1) is 0 Å². The molecule has 45 heteroatoms. The number of phosphoric ester groups is 1. The summed E-state index contributed by atoms with van der Waals surface area (Å²) >= 11 is 0. The average Bonchev–Trinajstić information content (AvgIpc) is 0.771. The van der Waals surface area contributed by atoms with Crippen LogP contribution in [0.25, 0.3) is 0 Å². The highest BCUT2D eigenvalue weighted by atomic mass is 31.2. The van der Waals surface area contributed by atoms with Crippen molar-refractivity contribution in [2.75, 3.05) is 52.8 Å². The number of aliphatic hydroxyl groups excluding tert-OH is 23. The fourth-order valence-corrected chi connectivity index (χ4v) is 12.0. The summed E-state index contributed by atoms with van der Waals surface area (Å²) < 4.78 is 95.7. The van der Waals surface area contributed by atoms with Crippen LogP contribution in [-0.2, 0) is 80.0 Å². The highest BCUT2D eigenvalue weighted by molar-refractivity contribution is 7.47. The SMILES string of the molecule is C[C@H]1O[C@H](O[C@@H]2[C@@H](O[C@@H]3[C@H](O[C@@H]4[C@H](O)[C@@H](O[C@H]5[C@@H]([C@H](O)CO)O[C@@](O)(C(=O)O)C[C@H]5O)O[C@H]([C@@H](O)COP(=O)(O)OCCN)[C@H]4O)O[C@H]([C@@H](O)CO)[C@@H](O)[C@@H]3O)O[C@H]([C@H](O)CO[C@@H]3O[C@H](CO)[C@H](O[C@H]4O[C@H](CO)[C@@H](O)[C@H](O)[C@H]4O)[C@H](O)[C@H]3O)[C@@H](O)[C@@H]2O)[C@H](O)[C@@H](O)[C@H]1O. The van der Waals surface area contributed by atoms with Gasteiger partial charge in [0.15, 0.2) is 37.7 Å². The van der Waals surface area contributed by atoms with Crippen molar-refractivity contribution in [2.45, 2.75) is 246 Å². The Labute approximate surface area is 530 Å². The van der Waals surface area contributed by atoms with Gasteiger partial charge in [-0.25, -0.2) is 9.36 Å². The van der Waals surface area contributed by atoms with Gasteiger partial charge in [-0.3, -0.25) is 9.05 Å². The van der Waals surface area contributed by atoms with E-state index >= 15 is 0 Å². The van der Waals surface area contributed by atoms with E-state index < -0.39 is 299 Å². The molecule has 0 aliphatic carbocycles. The van der Waals surface area contributed by atoms with Gasteiger partial charge in [-0.05, 0) is 6.92 Å². The molecule has 0 aromatic rings. The quantitative estimate of drug-likeness (QED) is 0.0324. The monoisotopic (exact) mass is 1410 g/mol. The zero-order valence-corrected chi connectivity index (χ0v) is 50.2. The van der Waals surface area contributed by atoms with Crippen molar-refractivity contribution in [2.24, 2.45) is 5.73 Å². The topological polar surface area (TPSA) is 725 Å². The van der Waals surface area contributed by atoms with Crippen molar-refractivity contribution in [3.63, 3.8) is 0 Å². The fraction of sp³-hybridized carbons (Fsp3) is 0.980. The molecule has 39 atom stereocenters. The van der Waals surface area contributed by atoms with Gasteiger partial charge in [-0.1, -0.05) is 0 Å². The van der Waals surface area contributed by atoms with Gasteiger partial charge in [0, 0.05) is 13.0 Å². The van der Waals surface area contributed by atoms with Crippen LogP contribution in [0.15, 0.2) is 0 Å². The van der Waals surface area contributed by atoms with Crippen LogP contribution in [0.2, 0.25) is 0 Å². The lowest BCUT2D eigenvalue weighted by molar-refractivity contribution is -0.412. The van der Waals surface area contributed by atoms with Gasteiger partial charge >= 0.3 is 13.8 Å². The van der Waals surface area contributed by atoms with Crippen molar-refractivity contribution in [3.05, 3.63) is 0 Å². The molecule has 7 rings (SSSR count). The second-order valence-corrected chi connectivity index (χ2v) is 24.7. The summed E-state index contributed by atoms with van der Waals surface area (Å²) in [4.78, 5) is 22.2. The molecule has 0 spiro atoms. The largest absolute Gasteiger partial charge is 0.477 e. The number of rotatable bonds is 28. The average molecular weight is 1410 g/mol. The molecule has 44 nitrogen and oxygen atoms in total. The first kappa shape index (κ1) is 79.4. The number of carbonyl (C=O) groups is 1. The van der Waals surface area contributed by atoms with Crippen LogP contribution in [0.5, 0.6) is 0 Å². The molecule has 7 aliphatic rings. The third-order valence-corrected chi connectivity index (χ3v) is 17.6. The van der Waals surface area contributed by atoms with Crippen molar-refractivity contribution in [3.8, 4) is 0 Å². The molecule has 0 saturated carbocycles. The second kappa shape index (κ2) is 33.7. The van der Waals surface area contributed by atoms with Crippen LogP contribution in [0.4, 0.5) is 0 Å².